The molecule has 0 radical (unpaired) electrons. The Morgan fingerprint density at radius 1 is 0.903 bits per heavy atom. The van der Waals surface area contributed by atoms with Gasteiger partial charge in [0, 0.05) is 18.2 Å². The van der Waals surface area contributed by atoms with Gasteiger partial charge in [-0.25, -0.2) is 0 Å². The number of benzene rings is 3. The molecule has 4 rings (SSSR count). The molecule has 0 aliphatic heterocycles. The maximum atomic E-state index is 12.4. The first-order valence-corrected chi connectivity index (χ1v) is 9.83. The molecule has 0 spiro atoms. The summed E-state index contributed by atoms with van der Waals surface area (Å²) >= 11 is 0. The van der Waals surface area contributed by atoms with E-state index in [0.717, 1.165) is 28.2 Å². The van der Waals surface area contributed by atoms with E-state index in [1.165, 1.54) is 0 Å². The molecule has 0 atom stereocenters. The number of hydrogen-bond donors (Lipinski definition) is 1. The van der Waals surface area contributed by atoms with Crippen molar-refractivity contribution in [3.8, 4) is 28.6 Å². The zero-order chi connectivity index (χ0) is 21.6. The Labute approximate surface area is 180 Å². The van der Waals surface area contributed by atoms with Crippen LogP contribution in [0.2, 0.25) is 0 Å². The maximum Gasteiger partial charge on any atom is 0.273 e. The average molecular weight is 414 g/mol. The van der Waals surface area contributed by atoms with Crippen LogP contribution in [-0.2, 0) is 6.54 Å². The van der Waals surface area contributed by atoms with Crippen LogP contribution in [0.4, 0.5) is 0 Å². The lowest BCUT2D eigenvalue weighted by Crippen LogP contribution is -2.22. The van der Waals surface area contributed by atoms with Gasteiger partial charge in [0.25, 0.3) is 5.91 Å². The van der Waals surface area contributed by atoms with E-state index in [0.29, 0.717) is 18.1 Å². The van der Waals surface area contributed by atoms with Crippen LogP contribution in [0.5, 0.6) is 17.2 Å². The summed E-state index contributed by atoms with van der Waals surface area (Å²) in [4.78, 5) is 12.4. The van der Waals surface area contributed by atoms with Gasteiger partial charge in [0.05, 0.1) is 7.11 Å². The highest BCUT2D eigenvalue weighted by molar-refractivity contribution is 5.93. The van der Waals surface area contributed by atoms with Gasteiger partial charge in [0.15, 0.2) is 11.5 Å². The number of aromatic nitrogens is 1. The van der Waals surface area contributed by atoms with Crippen molar-refractivity contribution in [2.45, 2.75) is 13.5 Å². The number of hydrogen-bond acceptors (Lipinski definition) is 5. The van der Waals surface area contributed by atoms with Crippen molar-refractivity contribution >= 4 is 5.91 Å². The van der Waals surface area contributed by atoms with Crippen LogP contribution < -0.4 is 14.8 Å². The monoisotopic (exact) mass is 414 g/mol. The van der Waals surface area contributed by atoms with Crippen LogP contribution in [0.25, 0.3) is 11.3 Å². The molecule has 156 valence electrons. The van der Waals surface area contributed by atoms with Gasteiger partial charge < -0.3 is 19.3 Å². The van der Waals surface area contributed by atoms with Crippen molar-refractivity contribution in [3.05, 3.63) is 95.7 Å². The van der Waals surface area contributed by atoms with Crippen molar-refractivity contribution in [3.63, 3.8) is 0 Å². The summed E-state index contributed by atoms with van der Waals surface area (Å²) in [5, 5.41) is 6.74. The largest absolute Gasteiger partial charge is 0.497 e. The molecule has 1 amide bonds. The fourth-order valence-corrected chi connectivity index (χ4v) is 2.96. The molecule has 0 aliphatic carbocycles. The minimum atomic E-state index is -0.291. The van der Waals surface area contributed by atoms with Gasteiger partial charge in [0.1, 0.15) is 17.2 Å². The van der Waals surface area contributed by atoms with Crippen molar-refractivity contribution < 1.29 is 18.8 Å². The Balaban J connectivity index is 1.32. The normalized spacial score (nSPS) is 10.5. The van der Waals surface area contributed by atoms with E-state index in [-0.39, 0.29) is 11.6 Å². The number of aryl methyl sites for hydroxylation is 1. The Kier molecular flexibility index (Phi) is 5.98. The third-order valence-corrected chi connectivity index (χ3v) is 4.75. The van der Waals surface area contributed by atoms with Crippen LogP contribution >= 0.6 is 0 Å². The fraction of sp³-hybridized carbons (Fsp3) is 0.120. The van der Waals surface area contributed by atoms with E-state index in [4.69, 9.17) is 14.0 Å². The molecular weight excluding hydrogens is 392 g/mol. The number of carbonyl (C=O) groups is 1. The van der Waals surface area contributed by atoms with Crippen molar-refractivity contribution in [1.82, 2.24) is 10.5 Å². The van der Waals surface area contributed by atoms with Crippen molar-refractivity contribution in [2.24, 2.45) is 0 Å². The van der Waals surface area contributed by atoms with Crippen LogP contribution in [0.3, 0.4) is 0 Å². The second-order valence-electron chi connectivity index (χ2n) is 7.05. The second-order valence-corrected chi connectivity index (χ2v) is 7.05. The lowest BCUT2D eigenvalue weighted by molar-refractivity contribution is 0.0942. The Morgan fingerprint density at radius 3 is 2.16 bits per heavy atom. The summed E-state index contributed by atoms with van der Waals surface area (Å²) in [5.74, 6) is 2.47. The van der Waals surface area contributed by atoms with Gasteiger partial charge in [-0.3, -0.25) is 4.79 Å². The molecule has 6 nitrogen and oxygen atoms in total. The highest BCUT2D eigenvalue weighted by Gasteiger charge is 2.13. The Morgan fingerprint density at radius 2 is 1.52 bits per heavy atom. The van der Waals surface area contributed by atoms with Crippen LogP contribution in [-0.4, -0.2) is 18.2 Å². The molecule has 1 heterocycles. The molecule has 1 N–H and O–H groups in total. The van der Waals surface area contributed by atoms with Gasteiger partial charge in [-0.1, -0.05) is 47.1 Å². The van der Waals surface area contributed by atoms with Crippen LogP contribution in [0.15, 0.2) is 83.4 Å². The predicted octanol–water partition coefficient (Wildman–Crippen LogP) is 5.38. The number of rotatable bonds is 7. The number of methoxy groups -OCH3 is 1. The van der Waals surface area contributed by atoms with E-state index in [1.807, 2.05) is 79.7 Å². The lowest BCUT2D eigenvalue weighted by Gasteiger charge is -2.08. The van der Waals surface area contributed by atoms with Crippen LogP contribution in [0, 0.1) is 6.92 Å². The molecule has 0 saturated heterocycles. The predicted molar refractivity (Wildman–Crippen MR) is 117 cm³/mol. The van der Waals surface area contributed by atoms with E-state index in [9.17, 15) is 4.79 Å². The zero-order valence-electron chi connectivity index (χ0n) is 17.3. The molecule has 31 heavy (non-hydrogen) atoms. The molecule has 3 aromatic carbocycles. The van der Waals surface area contributed by atoms with Gasteiger partial charge in [0.2, 0.25) is 0 Å². The summed E-state index contributed by atoms with van der Waals surface area (Å²) in [6.45, 7) is 2.38. The molecule has 0 fully saturated rings. The standard InChI is InChI=1S/C25H22N2O4/c1-17-3-7-19(8-4-17)24-15-23(27-31-24)25(28)26-16-18-5-9-21(10-6-18)30-22-13-11-20(29-2)12-14-22/h3-15H,16H2,1-2H3,(H,26,28). The molecule has 0 aliphatic rings. The third-order valence-electron chi connectivity index (χ3n) is 4.75. The minimum absolute atomic E-state index is 0.245. The molecular formula is C25H22N2O4. The van der Waals surface area contributed by atoms with E-state index >= 15 is 0 Å². The average Bonchev–Trinajstić information content (AvgIpc) is 3.30. The molecule has 4 aromatic rings. The summed E-state index contributed by atoms with van der Waals surface area (Å²) in [7, 11) is 1.62. The molecule has 0 saturated carbocycles. The summed E-state index contributed by atoms with van der Waals surface area (Å²) in [6, 6.07) is 24.4. The smallest absolute Gasteiger partial charge is 0.273 e. The lowest BCUT2D eigenvalue weighted by atomic mass is 10.1. The molecule has 0 unspecified atom stereocenters. The van der Waals surface area contributed by atoms with Gasteiger partial charge >= 0.3 is 0 Å². The highest BCUT2D eigenvalue weighted by atomic mass is 16.5. The fourth-order valence-electron chi connectivity index (χ4n) is 2.96. The number of nitrogens with one attached hydrogen (secondary N) is 1. The van der Waals surface area contributed by atoms with Gasteiger partial charge in [-0.15, -0.1) is 0 Å². The highest BCUT2D eigenvalue weighted by Crippen LogP contribution is 2.24. The zero-order valence-corrected chi connectivity index (χ0v) is 17.3. The summed E-state index contributed by atoms with van der Waals surface area (Å²) in [5.41, 5.74) is 3.22. The SMILES string of the molecule is COc1ccc(Oc2ccc(CNC(=O)c3cc(-c4ccc(C)cc4)on3)cc2)cc1. The van der Waals surface area contributed by atoms with E-state index in [1.54, 1.807) is 13.2 Å². The van der Waals surface area contributed by atoms with Crippen molar-refractivity contribution in [2.75, 3.05) is 7.11 Å². The number of amides is 1. The first-order valence-electron chi connectivity index (χ1n) is 9.83. The minimum Gasteiger partial charge on any atom is -0.497 e. The molecule has 1 aromatic heterocycles. The number of ether oxygens (including phenoxy) is 2. The number of nitrogens with zero attached hydrogens (tertiary/aromatic N) is 1. The van der Waals surface area contributed by atoms with Gasteiger partial charge in [-0.2, -0.15) is 0 Å². The van der Waals surface area contributed by atoms with Crippen molar-refractivity contribution in [1.29, 1.82) is 0 Å². The molecule has 0 bridgehead atoms. The number of carbonyl (C=O) groups excluding carboxylic acids is 1. The first-order chi connectivity index (χ1) is 15.1. The summed E-state index contributed by atoms with van der Waals surface area (Å²) < 4.78 is 16.3. The quantitative estimate of drug-likeness (QED) is 0.439. The topological polar surface area (TPSA) is 73.6 Å². The second kappa shape index (κ2) is 9.17. The Bertz CT molecular complexity index is 1150. The van der Waals surface area contributed by atoms with Gasteiger partial charge in [-0.05, 0) is 48.9 Å². The Hall–Kier alpha value is -4.06. The third kappa shape index (κ3) is 5.11. The van der Waals surface area contributed by atoms with E-state index in [2.05, 4.69) is 10.5 Å². The first kappa shape index (κ1) is 20.2. The molecule has 6 heteroatoms. The summed E-state index contributed by atoms with van der Waals surface area (Å²) in [6.07, 6.45) is 0. The van der Waals surface area contributed by atoms with E-state index < -0.39 is 0 Å². The maximum absolute atomic E-state index is 12.4. The van der Waals surface area contributed by atoms with Crippen LogP contribution in [0.1, 0.15) is 21.6 Å².